The normalized spacial score (nSPS) is 17.8. The number of amides is 1. The molecule has 0 spiro atoms. The molecule has 3 aromatic rings. The highest BCUT2D eigenvalue weighted by molar-refractivity contribution is 6.32. The van der Waals surface area contributed by atoms with Crippen LogP contribution in [0, 0.1) is 5.92 Å². The Morgan fingerprint density at radius 2 is 2.12 bits per heavy atom. The van der Waals surface area contributed by atoms with Gasteiger partial charge in [-0.15, -0.1) is 0 Å². The number of carbonyl (C=O) groups is 1. The van der Waals surface area contributed by atoms with Gasteiger partial charge in [-0.25, -0.2) is 0 Å². The van der Waals surface area contributed by atoms with Crippen molar-refractivity contribution >= 4 is 28.9 Å². The van der Waals surface area contributed by atoms with Gasteiger partial charge in [-0.05, 0) is 49.4 Å². The number of aryl methyl sites for hydroxylation is 1. The van der Waals surface area contributed by atoms with Crippen molar-refractivity contribution in [3.05, 3.63) is 58.5 Å². The van der Waals surface area contributed by atoms with Crippen molar-refractivity contribution in [2.75, 3.05) is 12.4 Å². The summed E-state index contributed by atoms with van der Waals surface area (Å²) < 4.78 is 5.55. The number of anilines is 2. The molecular weight excluding hydrogens is 436 g/mol. The second kappa shape index (κ2) is 9.10. The third-order valence-electron chi connectivity index (χ3n) is 6.84. The van der Waals surface area contributed by atoms with Gasteiger partial charge in [0, 0.05) is 36.1 Å². The lowest BCUT2D eigenvalue weighted by Crippen LogP contribution is -2.39. The summed E-state index contributed by atoms with van der Waals surface area (Å²) in [6.45, 7) is 2.02. The molecule has 5 rings (SSSR count). The van der Waals surface area contributed by atoms with Gasteiger partial charge in [0.1, 0.15) is 0 Å². The molecule has 1 amide bonds. The van der Waals surface area contributed by atoms with Crippen LogP contribution in [-0.2, 0) is 12.8 Å². The van der Waals surface area contributed by atoms with Crippen molar-refractivity contribution in [2.24, 2.45) is 5.92 Å². The van der Waals surface area contributed by atoms with E-state index in [0.717, 1.165) is 41.4 Å². The molecule has 1 fully saturated rings. The molecule has 3 N–H and O–H groups in total. The van der Waals surface area contributed by atoms with Crippen LogP contribution in [0.3, 0.4) is 0 Å². The molecule has 172 valence electrons. The van der Waals surface area contributed by atoms with E-state index in [4.69, 9.17) is 16.3 Å². The second-order valence-electron chi connectivity index (χ2n) is 9.12. The molecule has 1 aliphatic carbocycles. The van der Waals surface area contributed by atoms with Crippen molar-refractivity contribution in [3.8, 4) is 17.0 Å². The van der Waals surface area contributed by atoms with Crippen molar-refractivity contribution in [1.82, 2.24) is 15.3 Å². The molecule has 2 aromatic heterocycles. The predicted molar refractivity (Wildman–Crippen MR) is 132 cm³/mol. The average Bonchev–Trinajstić information content (AvgIpc) is 3.11. The Kier molecular flexibility index (Phi) is 6.02. The standard InChI is InChI=1S/C26H29ClN4O2/c1-15-13-21-22(26(32)29-15)24(30-20-8-4-7-19(27)25(20)33-2)23(31-21)18-11-12-28-14-17(18)10-9-16-5-3-6-16/h4,7-8,11-12,14-16,30-31H,3,5-6,9-10,13H2,1-2H3,(H,29,32). The monoisotopic (exact) mass is 464 g/mol. The lowest BCUT2D eigenvalue weighted by atomic mass is 9.81. The van der Waals surface area contributed by atoms with Gasteiger partial charge in [0.15, 0.2) is 5.75 Å². The van der Waals surface area contributed by atoms with Gasteiger partial charge in [0.05, 0.1) is 34.8 Å². The molecule has 1 aliphatic heterocycles. The smallest absolute Gasteiger partial charge is 0.255 e. The van der Waals surface area contributed by atoms with E-state index in [2.05, 4.69) is 20.6 Å². The summed E-state index contributed by atoms with van der Waals surface area (Å²) in [5, 5.41) is 7.06. The van der Waals surface area contributed by atoms with E-state index in [1.165, 1.54) is 31.2 Å². The number of fused-ring (bicyclic) bond motifs is 1. The zero-order valence-electron chi connectivity index (χ0n) is 19.0. The van der Waals surface area contributed by atoms with Gasteiger partial charge in [-0.3, -0.25) is 9.78 Å². The Bertz CT molecular complexity index is 1190. The van der Waals surface area contributed by atoms with Crippen LogP contribution in [0.2, 0.25) is 5.02 Å². The molecule has 0 radical (unpaired) electrons. The fourth-order valence-corrected chi connectivity index (χ4v) is 5.15. The van der Waals surface area contributed by atoms with E-state index in [0.29, 0.717) is 22.0 Å². The number of nitrogens with zero attached hydrogens (tertiary/aromatic N) is 1. The van der Waals surface area contributed by atoms with E-state index in [9.17, 15) is 4.79 Å². The van der Waals surface area contributed by atoms with Crippen LogP contribution in [-0.4, -0.2) is 29.0 Å². The van der Waals surface area contributed by atoms with Crippen LogP contribution in [0.15, 0.2) is 36.7 Å². The summed E-state index contributed by atoms with van der Waals surface area (Å²) in [5.41, 5.74) is 6.20. The number of nitrogens with one attached hydrogen (secondary N) is 3. The molecular formula is C26H29ClN4O2. The van der Waals surface area contributed by atoms with Crippen molar-refractivity contribution in [3.63, 3.8) is 0 Å². The molecule has 33 heavy (non-hydrogen) atoms. The fraction of sp³-hybridized carbons (Fsp3) is 0.385. The number of hydrogen-bond acceptors (Lipinski definition) is 4. The number of benzene rings is 1. The number of pyridine rings is 1. The Labute approximate surface area is 199 Å². The maximum absolute atomic E-state index is 13.1. The van der Waals surface area contributed by atoms with Crippen LogP contribution in [0.25, 0.3) is 11.3 Å². The fourth-order valence-electron chi connectivity index (χ4n) is 4.90. The summed E-state index contributed by atoms with van der Waals surface area (Å²) in [4.78, 5) is 21.1. The number of ether oxygens (including phenoxy) is 1. The van der Waals surface area contributed by atoms with Gasteiger partial charge < -0.3 is 20.4 Å². The first kappa shape index (κ1) is 21.8. The number of carbonyl (C=O) groups excluding carboxylic acids is 1. The number of hydrogen-bond donors (Lipinski definition) is 3. The molecule has 2 aliphatic rings. The maximum atomic E-state index is 13.1. The van der Waals surface area contributed by atoms with Crippen LogP contribution in [0.4, 0.5) is 11.4 Å². The first-order valence-electron chi connectivity index (χ1n) is 11.6. The largest absolute Gasteiger partial charge is 0.493 e. The Morgan fingerprint density at radius 3 is 2.88 bits per heavy atom. The third kappa shape index (κ3) is 4.20. The highest BCUT2D eigenvalue weighted by Gasteiger charge is 2.31. The lowest BCUT2D eigenvalue weighted by Gasteiger charge is -2.25. The molecule has 3 heterocycles. The lowest BCUT2D eigenvalue weighted by molar-refractivity contribution is 0.0930. The quantitative estimate of drug-likeness (QED) is 0.407. The summed E-state index contributed by atoms with van der Waals surface area (Å²) in [5.74, 6) is 1.28. The second-order valence-corrected chi connectivity index (χ2v) is 9.53. The van der Waals surface area contributed by atoms with E-state index < -0.39 is 0 Å². The van der Waals surface area contributed by atoms with Crippen LogP contribution in [0.1, 0.15) is 54.2 Å². The zero-order chi connectivity index (χ0) is 22.9. The maximum Gasteiger partial charge on any atom is 0.255 e. The molecule has 6 nitrogen and oxygen atoms in total. The minimum absolute atomic E-state index is 0.0700. The third-order valence-corrected chi connectivity index (χ3v) is 7.14. The van der Waals surface area contributed by atoms with Crippen molar-refractivity contribution in [2.45, 2.75) is 51.5 Å². The number of halogens is 1. The Morgan fingerprint density at radius 1 is 1.27 bits per heavy atom. The highest BCUT2D eigenvalue weighted by Crippen LogP contribution is 2.42. The molecule has 1 aromatic carbocycles. The number of aromatic nitrogens is 2. The van der Waals surface area contributed by atoms with Gasteiger partial charge in [-0.1, -0.05) is 36.9 Å². The van der Waals surface area contributed by atoms with Crippen molar-refractivity contribution in [1.29, 1.82) is 0 Å². The van der Waals surface area contributed by atoms with Gasteiger partial charge in [0.2, 0.25) is 0 Å². The number of rotatable bonds is 7. The predicted octanol–water partition coefficient (Wildman–Crippen LogP) is 5.89. The van der Waals surface area contributed by atoms with Crippen LogP contribution >= 0.6 is 11.6 Å². The SMILES string of the molecule is COc1c(Cl)cccc1Nc1c(-c2ccncc2CCC2CCC2)[nH]c2c1C(=O)NC(C)C2. The molecule has 1 atom stereocenters. The van der Waals surface area contributed by atoms with Gasteiger partial charge in [-0.2, -0.15) is 0 Å². The van der Waals surface area contributed by atoms with Crippen molar-refractivity contribution < 1.29 is 9.53 Å². The van der Waals surface area contributed by atoms with E-state index in [1.807, 2.05) is 37.5 Å². The summed E-state index contributed by atoms with van der Waals surface area (Å²) >= 11 is 6.37. The number of para-hydroxylation sites is 1. The zero-order valence-corrected chi connectivity index (χ0v) is 19.8. The summed E-state index contributed by atoms with van der Waals surface area (Å²) in [7, 11) is 1.59. The Hall–Kier alpha value is -2.99. The first-order valence-corrected chi connectivity index (χ1v) is 12.0. The number of aromatic amines is 1. The van der Waals surface area contributed by atoms with Gasteiger partial charge in [0.25, 0.3) is 5.91 Å². The molecule has 0 bridgehead atoms. The molecule has 0 saturated heterocycles. The van der Waals surface area contributed by atoms with E-state index in [1.54, 1.807) is 13.2 Å². The van der Waals surface area contributed by atoms with Crippen LogP contribution in [0.5, 0.6) is 5.75 Å². The number of methoxy groups -OCH3 is 1. The topological polar surface area (TPSA) is 79.0 Å². The number of H-pyrrole nitrogens is 1. The highest BCUT2D eigenvalue weighted by atomic mass is 35.5. The molecule has 1 saturated carbocycles. The Balaban J connectivity index is 1.61. The van der Waals surface area contributed by atoms with E-state index >= 15 is 0 Å². The van der Waals surface area contributed by atoms with Crippen LogP contribution < -0.4 is 15.4 Å². The summed E-state index contributed by atoms with van der Waals surface area (Å²) in [6, 6.07) is 7.66. The average molecular weight is 465 g/mol. The minimum atomic E-state index is -0.0835. The van der Waals surface area contributed by atoms with Gasteiger partial charge >= 0.3 is 0 Å². The first-order chi connectivity index (χ1) is 16.0. The van der Waals surface area contributed by atoms with E-state index in [-0.39, 0.29) is 11.9 Å². The summed E-state index contributed by atoms with van der Waals surface area (Å²) in [6.07, 6.45) is 10.6. The minimum Gasteiger partial charge on any atom is -0.493 e. The molecule has 1 unspecified atom stereocenters. The molecule has 7 heteroatoms.